The van der Waals surface area contributed by atoms with Gasteiger partial charge in [-0.1, -0.05) is 60.7 Å². The van der Waals surface area contributed by atoms with Gasteiger partial charge in [-0.3, -0.25) is 4.90 Å². The number of rotatable bonds is 8. The second kappa shape index (κ2) is 9.53. The molecule has 1 aliphatic rings. The van der Waals surface area contributed by atoms with Crippen LogP contribution in [-0.2, 0) is 12.8 Å². The van der Waals surface area contributed by atoms with Gasteiger partial charge in [0.15, 0.2) is 0 Å². The van der Waals surface area contributed by atoms with Crippen LogP contribution >= 0.6 is 0 Å². The zero-order valence-electron chi connectivity index (χ0n) is 15.7. The summed E-state index contributed by atoms with van der Waals surface area (Å²) in [5.74, 6) is 0. The Balaban J connectivity index is 1.91. The number of hydrogen-bond acceptors (Lipinski definition) is 3. The molecule has 0 aromatic heterocycles. The molecule has 144 valence electrons. The molecule has 3 rings (SSSR count). The Kier molecular flexibility index (Phi) is 6.85. The fraction of sp³-hybridized carbons (Fsp3) is 0.409. The van der Waals surface area contributed by atoms with Crippen molar-refractivity contribution in [3.63, 3.8) is 0 Å². The third-order valence-corrected chi connectivity index (χ3v) is 5.41. The van der Waals surface area contributed by atoms with Crippen LogP contribution in [-0.4, -0.2) is 54.4 Å². The van der Waals surface area contributed by atoms with Gasteiger partial charge in [-0.15, -0.1) is 0 Å². The highest BCUT2D eigenvalue weighted by Crippen LogP contribution is 2.30. The topological polar surface area (TPSA) is 64.6 Å². The van der Waals surface area contributed by atoms with E-state index in [-0.39, 0.29) is 5.54 Å². The third kappa shape index (κ3) is 5.55. The van der Waals surface area contributed by atoms with Crippen molar-refractivity contribution in [3.05, 3.63) is 71.8 Å². The minimum Gasteiger partial charge on any atom is -0.465 e. The Morgan fingerprint density at radius 3 is 1.96 bits per heavy atom. The van der Waals surface area contributed by atoms with Crippen molar-refractivity contribution in [2.45, 2.75) is 24.8 Å². The van der Waals surface area contributed by atoms with Crippen LogP contribution in [0, 0.1) is 0 Å². The molecule has 0 bridgehead atoms. The predicted octanol–water partition coefficient (Wildman–Crippen LogP) is 2.77. The van der Waals surface area contributed by atoms with E-state index in [2.05, 4.69) is 64.1 Å². The van der Waals surface area contributed by atoms with Crippen molar-refractivity contribution in [1.82, 2.24) is 15.5 Å². The molecular formula is C22H29N3O2. The number of piperazine rings is 1. The normalized spacial score (nSPS) is 15.4. The van der Waals surface area contributed by atoms with Crippen LogP contribution in [0.4, 0.5) is 4.79 Å². The molecule has 0 unspecified atom stereocenters. The Morgan fingerprint density at radius 2 is 1.48 bits per heavy atom. The van der Waals surface area contributed by atoms with Crippen molar-refractivity contribution < 1.29 is 9.90 Å². The van der Waals surface area contributed by atoms with Crippen LogP contribution in [0.1, 0.15) is 17.5 Å². The molecular weight excluding hydrogens is 338 g/mol. The van der Waals surface area contributed by atoms with Gasteiger partial charge in [-0.2, -0.15) is 0 Å². The molecule has 0 radical (unpaired) electrons. The van der Waals surface area contributed by atoms with Crippen LogP contribution in [0.2, 0.25) is 0 Å². The van der Waals surface area contributed by atoms with Gasteiger partial charge in [-0.25, -0.2) is 4.79 Å². The summed E-state index contributed by atoms with van der Waals surface area (Å²) in [6.45, 7) is 4.35. The second-order valence-corrected chi connectivity index (χ2v) is 7.27. The van der Waals surface area contributed by atoms with Crippen molar-refractivity contribution in [2.75, 3.05) is 32.7 Å². The predicted molar refractivity (Wildman–Crippen MR) is 108 cm³/mol. The first kappa shape index (κ1) is 19.4. The molecule has 0 aliphatic carbocycles. The van der Waals surface area contributed by atoms with Gasteiger partial charge < -0.3 is 15.7 Å². The first-order chi connectivity index (χ1) is 13.2. The number of carboxylic acid groups (broad SMARTS) is 1. The van der Waals surface area contributed by atoms with E-state index >= 15 is 0 Å². The second-order valence-electron chi connectivity index (χ2n) is 7.27. The quantitative estimate of drug-likeness (QED) is 0.671. The molecule has 27 heavy (non-hydrogen) atoms. The number of nitrogens with one attached hydrogen (secondary N) is 2. The highest BCUT2D eigenvalue weighted by Gasteiger charge is 2.37. The molecule has 2 aromatic carbocycles. The maximum Gasteiger partial charge on any atom is 0.404 e. The lowest BCUT2D eigenvalue weighted by atomic mass is 9.79. The zero-order valence-corrected chi connectivity index (χ0v) is 15.7. The minimum absolute atomic E-state index is 0.118. The van der Waals surface area contributed by atoms with Crippen LogP contribution in [0.15, 0.2) is 60.7 Å². The SMILES string of the molecule is O=C(O)NCCC(Cc1ccccc1)(Cc1ccccc1)N1CCNCC1. The van der Waals surface area contributed by atoms with E-state index in [9.17, 15) is 4.79 Å². The first-order valence-corrected chi connectivity index (χ1v) is 9.68. The Bertz CT molecular complexity index is 659. The number of amides is 1. The van der Waals surface area contributed by atoms with E-state index in [0.717, 1.165) is 45.4 Å². The fourth-order valence-corrected chi connectivity index (χ4v) is 4.11. The summed E-state index contributed by atoms with van der Waals surface area (Å²) in [5, 5.41) is 15.1. The molecule has 2 aromatic rings. The molecule has 5 nitrogen and oxygen atoms in total. The van der Waals surface area contributed by atoms with Crippen LogP contribution in [0.3, 0.4) is 0 Å². The molecule has 1 amide bonds. The van der Waals surface area contributed by atoms with Crippen LogP contribution in [0.25, 0.3) is 0 Å². The average molecular weight is 367 g/mol. The monoisotopic (exact) mass is 367 g/mol. The van der Waals surface area contributed by atoms with Crippen LogP contribution in [0.5, 0.6) is 0 Å². The maximum absolute atomic E-state index is 11.0. The lowest BCUT2D eigenvalue weighted by molar-refractivity contribution is 0.0640. The number of nitrogens with zero attached hydrogens (tertiary/aromatic N) is 1. The minimum atomic E-state index is -0.955. The van der Waals surface area contributed by atoms with Gasteiger partial charge in [0.25, 0.3) is 0 Å². The summed E-state index contributed by atoms with van der Waals surface area (Å²) < 4.78 is 0. The van der Waals surface area contributed by atoms with E-state index in [1.165, 1.54) is 11.1 Å². The molecule has 1 heterocycles. The van der Waals surface area contributed by atoms with Gasteiger partial charge in [0.1, 0.15) is 0 Å². The van der Waals surface area contributed by atoms with Gasteiger partial charge in [0.2, 0.25) is 0 Å². The zero-order chi connectivity index (χ0) is 19.0. The smallest absolute Gasteiger partial charge is 0.404 e. The van der Waals surface area contributed by atoms with Crippen molar-refractivity contribution in [2.24, 2.45) is 0 Å². The number of benzene rings is 2. The molecule has 5 heteroatoms. The molecule has 0 spiro atoms. The Labute approximate surface area is 161 Å². The van der Waals surface area contributed by atoms with E-state index in [1.807, 2.05) is 12.1 Å². The largest absolute Gasteiger partial charge is 0.465 e. The molecule has 0 atom stereocenters. The molecule has 1 aliphatic heterocycles. The molecule has 3 N–H and O–H groups in total. The highest BCUT2D eigenvalue weighted by molar-refractivity contribution is 5.64. The van der Waals surface area contributed by atoms with E-state index in [0.29, 0.717) is 6.54 Å². The van der Waals surface area contributed by atoms with Crippen molar-refractivity contribution >= 4 is 6.09 Å². The average Bonchev–Trinajstić information content (AvgIpc) is 2.70. The summed E-state index contributed by atoms with van der Waals surface area (Å²) in [4.78, 5) is 13.6. The summed E-state index contributed by atoms with van der Waals surface area (Å²) in [5.41, 5.74) is 2.47. The van der Waals surface area contributed by atoms with Gasteiger partial charge in [-0.05, 0) is 30.4 Å². The third-order valence-electron chi connectivity index (χ3n) is 5.41. The Morgan fingerprint density at radius 1 is 0.963 bits per heavy atom. The van der Waals surface area contributed by atoms with Gasteiger partial charge in [0.05, 0.1) is 0 Å². The lowest BCUT2D eigenvalue weighted by Crippen LogP contribution is -2.59. The first-order valence-electron chi connectivity index (χ1n) is 9.68. The van der Waals surface area contributed by atoms with Crippen molar-refractivity contribution in [1.29, 1.82) is 0 Å². The Hall–Kier alpha value is -2.37. The van der Waals surface area contributed by atoms with E-state index in [1.54, 1.807) is 0 Å². The van der Waals surface area contributed by atoms with Gasteiger partial charge in [0, 0.05) is 38.3 Å². The summed E-state index contributed by atoms with van der Waals surface area (Å²) in [6, 6.07) is 21.1. The van der Waals surface area contributed by atoms with Crippen molar-refractivity contribution in [3.8, 4) is 0 Å². The summed E-state index contributed by atoms with van der Waals surface area (Å²) >= 11 is 0. The van der Waals surface area contributed by atoms with Gasteiger partial charge >= 0.3 is 6.09 Å². The highest BCUT2D eigenvalue weighted by atomic mass is 16.4. The number of carbonyl (C=O) groups is 1. The summed E-state index contributed by atoms with van der Waals surface area (Å²) in [6.07, 6.45) is 1.64. The maximum atomic E-state index is 11.0. The van der Waals surface area contributed by atoms with Crippen LogP contribution < -0.4 is 10.6 Å². The molecule has 0 saturated carbocycles. The molecule has 1 saturated heterocycles. The number of hydrogen-bond donors (Lipinski definition) is 3. The van der Waals surface area contributed by atoms with E-state index in [4.69, 9.17) is 5.11 Å². The lowest BCUT2D eigenvalue weighted by Gasteiger charge is -2.47. The van der Waals surface area contributed by atoms with E-state index < -0.39 is 6.09 Å². The summed E-state index contributed by atoms with van der Waals surface area (Å²) in [7, 11) is 0. The fourth-order valence-electron chi connectivity index (χ4n) is 4.11. The standard InChI is InChI=1S/C22H29N3O2/c26-21(27)24-12-11-22(25-15-13-23-14-16-25,17-19-7-3-1-4-8-19)18-20-9-5-2-6-10-20/h1-10,23-24H,11-18H2,(H,26,27). The molecule has 1 fully saturated rings.